The normalized spacial score (nSPS) is 23.6. The molecule has 3 rings (SSSR count). The molecule has 1 saturated carbocycles. The molecular weight excluding hydrogens is 280 g/mol. The van der Waals surface area contributed by atoms with Crippen molar-refractivity contribution in [2.75, 3.05) is 12.8 Å². The molecule has 0 unspecified atom stereocenters. The molecule has 3 nitrogen and oxygen atoms in total. The lowest BCUT2D eigenvalue weighted by Gasteiger charge is -2.30. The molecule has 0 saturated heterocycles. The highest BCUT2D eigenvalue weighted by Gasteiger charge is 2.34. The van der Waals surface area contributed by atoms with Crippen molar-refractivity contribution in [2.45, 2.75) is 49.4 Å². The summed E-state index contributed by atoms with van der Waals surface area (Å²) in [5.41, 5.74) is 2.62. The number of carbonyl (C=O) groups excluding carboxylic acids is 1. The van der Waals surface area contributed by atoms with E-state index in [4.69, 9.17) is 0 Å². The van der Waals surface area contributed by atoms with Crippen LogP contribution in [-0.4, -0.2) is 29.5 Å². The first-order valence-corrected chi connectivity index (χ1v) is 9.08. The monoisotopic (exact) mass is 304 g/mol. The van der Waals surface area contributed by atoms with Crippen LogP contribution in [0.2, 0.25) is 0 Å². The number of hydrogen-bond acceptors (Lipinski definition) is 3. The molecule has 1 atom stereocenters. The number of thioether (sulfide) groups is 1. The maximum atomic E-state index is 12.4. The number of rotatable bonds is 4. The average molecular weight is 304 g/mol. The second-order valence-corrected chi connectivity index (χ2v) is 7.49. The Morgan fingerprint density at radius 3 is 2.76 bits per heavy atom. The lowest BCUT2D eigenvalue weighted by Crippen LogP contribution is -2.50. The number of nitrogens with one attached hydrogen (secondary N) is 2. The average Bonchev–Trinajstić information content (AvgIpc) is 3.01. The van der Waals surface area contributed by atoms with Crippen LogP contribution in [0.1, 0.15) is 36.8 Å². The zero-order chi connectivity index (χ0) is 14.7. The van der Waals surface area contributed by atoms with Crippen LogP contribution < -0.4 is 10.6 Å². The fraction of sp³-hybridized carbons (Fsp3) is 0.588. The van der Waals surface area contributed by atoms with Gasteiger partial charge >= 0.3 is 0 Å². The molecule has 1 heterocycles. The van der Waals surface area contributed by atoms with Crippen LogP contribution >= 0.6 is 11.8 Å². The molecule has 1 aliphatic heterocycles. The van der Waals surface area contributed by atoms with Crippen LogP contribution in [0.4, 0.5) is 0 Å². The first-order valence-electron chi connectivity index (χ1n) is 7.85. The van der Waals surface area contributed by atoms with Gasteiger partial charge in [0.25, 0.3) is 0 Å². The van der Waals surface area contributed by atoms with Crippen molar-refractivity contribution >= 4 is 17.7 Å². The number of benzene rings is 1. The Bertz CT molecular complexity index is 511. The van der Waals surface area contributed by atoms with E-state index in [9.17, 15) is 4.79 Å². The van der Waals surface area contributed by atoms with Gasteiger partial charge in [0.1, 0.15) is 0 Å². The van der Waals surface area contributed by atoms with Gasteiger partial charge in [-0.25, -0.2) is 0 Å². The van der Waals surface area contributed by atoms with Crippen LogP contribution in [0.5, 0.6) is 0 Å². The molecule has 0 bridgehead atoms. The molecule has 1 aliphatic carbocycles. The van der Waals surface area contributed by atoms with Gasteiger partial charge in [-0.3, -0.25) is 4.79 Å². The summed E-state index contributed by atoms with van der Waals surface area (Å²) in [6, 6.07) is 8.30. The predicted octanol–water partition coefficient (Wildman–Crippen LogP) is 2.49. The van der Waals surface area contributed by atoms with Gasteiger partial charge in [-0.15, -0.1) is 0 Å². The van der Waals surface area contributed by atoms with Crippen LogP contribution in [0, 0.1) is 0 Å². The number of fused-ring (bicyclic) bond motifs is 1. The Hall–Kier alpha value is -1.00. The maximum absolute atomic E-state index is 12.4. The molecular formula is C17H24N2OS. The van der Waals surface area contributed by atoms with Gasteiger partial charge in [0, 0.05) is 17.8 Å². The van der Waals surface area contributed by atoms with E-state index in [1.165, 1.54) is 36.8 Å². The number of hydrogen-bond donors (Lipinski definition) is 2. The van der Waals surface area contributed by atoms with Crippen LogP contribution in [0.3, 0.4) is 0 Å². The molecule has 1 aromatic rings. The Kier molecular flexibility index (Phi) is 4.55. The molecule has 2 aliphatic rings. The maximum Gasteiger partial charge on any atom is 0.237 e. The summed E-state index contributed by atoms with van der Waals surface area (Å²) in [6.07, 6.45) is 8.03. The molecule has 0 radical (unpaired) electrons. The summed E-state index contributed by atoms with van der Waals surface area (Å²) in [5.74, 6) is 0.157. The van der Waals surface area contributed by atoms with Crippen molar-refractivity contribution in [3.05, 3.63) is 35.4 Å². The summed E-state index contributed by atoms with van der Waals surface area (Å²) in [5, 5.41) is 6.56. The number of carbonyl (C=O) groups is 1. The summed E-state index contributed by atoms with van der Waals surface area (Å²) in [7, 11) is 0. The zero-order valence-electron chi connectivity index (χ0n) is 12.7. The van der Waals surface area contributed by atoms with Crippen LogP contribution in [0.25, 0.3) is 0 Å². The minimum atomic E-state index is -0.0831. The number of amides is 1. The Labute approximate surface area is 131 Å². The minimum Gasteiger partial charge on any atom is -0.353 e. The van der Waals surface area contributed by atoms with Crippen molar-refractivity contribution in [3.8, 4) is 0 Å². The molecule has 1 aromatic carbocycles. The Balaban J connectivity index is 1.57. The molecule has 4 heteroatoms. The van der Waals surface area contributed by atoms with Gasteiger partial charge < -0.3 is 10.6 Å². The first-order chi connectivity index (χ1) is 10.2. The van der Waals surface area contributed by atoms with Crippen molar-refractivity contribution in [3.63, 3.8) is 0 Å². The Morgan fingerprint density at radius 1 is 1.33 bits per heavy atom. The van der Waals surface area contributed by atoms with Gasteiger partial charge in [-0.2, -0.15) is 11.8 Å². The second kappa shape index (κ2) is 6.41. The van der Waals surface area contributed by atoms with Crippen LogP contribution in [-0.2, 0) is 17.8 Å². The minimum absolute atomic E-state index is 0.0831. The SMILES string of the molecule is CSC1(CNC(=O)[C@@H]2Cc3ccccc3CN2)CCCC1. The molecule has 1 amide bonds. The zero-order valence-corrected chi connectivity index (χ0v) is 13.5. The second-order valence-electron chi connectivity index (χ2n) is 6.22. The molecule has 2 N–H and O–H groups in total. The topological polar surface area (TPSA) is 41.1 Å². The van der Waals surface area contributed by atoms with Crippen LogP contribution in [0.15, 0.2) is 24.3 Å². The first kappa shape index (κ1) is 14.9. The van der Waals surface area contributed by atoms with E-state index in [1.807, 2.05) is 11.8 Å². The van der Waals surface area contributed by atoms with E-state index in [0.29, 0.717) is 0 Å². The third-order valence-electron chi connectivity index (χ3n) is 4.93. The fourth-order valence-corrected chi connectivity index (χ4v) is 4.40. The van der Waals surface area contributed by atoms with Gasteiger partial charge in [-0.1, -0.05) is 37.1 Å². The quantitative estimate of drug-likeness (QED) is 0.898. The summed E-state index contributed by atoms with van der Waals surface area (Å²) < 4.78 is 0.280. The van der Waals surface area contributed by atoms with E-state index < -0.39 is 0 Å². The smallest absolute Gasteiger partial charge is 0.237 e. The standard InChI is InChI=1S/C17H24N2OS/c1-21-17(8-4-5-9-17)12-19-16(20)15-10-13-6-2-3-7-14(13)11-18-15/h2-3,6-7,15,18H,4-5,8-12H2,1H3,(H,19,20)/t15-/m0/s1. The van der Waals surface area contributed by atoms with E-state index in [-0.39, 0.29) is 16.7 Å². The largest absolute Gasteiger partial charge is 0.353 e. The highest BCUT2D eigenvalue weighted by Crippen LogP contribution is 2.39. The lowest BCUT2D eigenvalue weighted by molar-refractivity contribution is -0.123. The van der Waals surface area contributed by atoms with E-state index >= 15 is 0 Å². The highest BCUT2D eigenvalue weighted by atomic mass is 32.2. The van der Waals surface area contributed by atoms with E-state index in [2.05, 4.69) is 41.2 Å². The molecule has 0 spiro atoms. The Morgan fingerprint density at radius 2 is 2.05 bits per heavy atom. The van der Waals surface area contributed by atoms with Gasteiger partial charge in [0.2, 0.25) is 5.91 Å². The molecule has 21 heavy (non-hydrogen) atoms. The molecule has 0 aromatic heterocycles. The third kappa shape index (κ3) is 3.27. The molecule has 1 fully saturated rings. The third-order valence-corrected chi connectivity index (χ3v) is 6.35. The highest BCUT2D eigenvalue weighted by molar-refractivity contribution is 8.00. The summed E-state index contributed by atoms with van der Waals surface area (Å²) in [4.78, 5) is 12.4. The van der Waals surface area contributed by atoms with Crippen molar-refractivity contribution in [1.29, 1.82) is 0 Å². The molecule has 114 valence electrons. The fourth-order valence-electron chi connectivity index (χ4n) is 3.48. The van der Waals surface area contributed by atoms with Gasteiger partial charge in [-0.05, 0) is 36.6 Å². The van der Waals surface area contributed by atoms with E-state index in [0.717, 1.165) is 19.5 Å². The summed E-state index contributed by atoms with van der Waals surface area (Å²) >= 11 is 1.92. The van der Waals surface area contributed by atoms with E-state index in [1.54, 1.807) is 0 Å². The van der Waals surface area contributed by atoms with Crippen molar-refractivity contribution in [1.82, 2.24) is 10.6 Å². The van der Waals surface area contributed by atoms with Gasteiger partial charge in [0.15, 0.2) is 0 Å². The van der Waals surface area contributed by atoms with Gasteiger partial charge in [0.05, 0.1) is 6.04 Å². The van der Waals surface area contributed by atoms with Crippen molar-refractivity contribution < 1.29 is 4.79 Å². The van der Waals surface area contributed by atoms with Crippen molar-refractivity contribution in [2.24, 2.45) is 0 Å². The lowest BCUT2D eigenvalue weighted by atomic mass is 9.95. The predicted molar refractivity (Wildman–Crippen MR) is 88.5 cm³/mol. The summed E-state index contributed by atoms with van der Waals surface area (Å²) in [6.45, 7) is 1.61.